The second kappa shape index (κ2) is 5.16. The molecule has 4 heteroatoms. The molecule has 4 nitrogen and oxygen atoms in total. The summed E-state index contributed by atoms with van der Waals surface area (Å²) < 4.78 is 5.13. The highest BCUT2D eigenvalue weighted by molar-refractivity contribution is 5.90. The second-order valence-electron chi connectivity index (χ2n) is 6.02. The fraction of sp³-hybridized carbons (Fsp3) is 0.211. The van der Waals surface area contributed by atoms with Gasteiger partial charge in [0.2, 0.25) is 5.76 Å². The molecule has 1 aliphatic rings. The quantitative estimate of drug-likeness (QED) is 0.821. The summed E-state index contributed by atoms with van der Waals surface area (Å²) in [6.07, 6.45) is 0. The molecule has 23 heavy (non-hydrogen) atoms. The van der Waals surface area contributed by atoms with Crippen molar-refractivity contribution in [1.82, 2.24) is 0 Å². The van der Waals surface area contributed by atoms with Gasteiger partial charge in [-0.2, -0.15) is 0 Å². The number of aryl methyl sites for hydroxylation is 2. The van der Waals surface area contributed by atoms with Gasteiger partial charge in [-0.05, 0) is 37.5 Å². The van der Waals surface area contributed by atoms with Gasteiger partial charge in [-0.25, -0.2) is 4.79 Å². The summed E-state index contributed by atoms with van der Waals surface area (Å²) in [5.74, 6) is -2.10. The van der Waals surface area contributed by atoms with Crippen molar-refractivity contribution in [2.45, 2.75) is 26.4 Å². The lowest BCUT2D eigenvalue weighted by Crippen LogP contribution is -2.25. The Balaban J connectivity index is 1.99. The smallest absolute Gasteiger partial charge is 0.378 e. The van der Waals surface area contributed by atoms with E-state index in [1.807, 2.05) is 12.1 Å². The summed E-state index contributed by atoms with van der Waals surface area (Å²) in [6.45, 7) is 5.66. The van der Waals surface area contributed by atoms with E-state index in [9.17, 15) is 15.0 Å². The van der Waals surface area contributed by atoms with E-state index in [-0.39, 0.29) is 0 Å². The zero-order valence-corrected chi connectivity index (χ0v) is 13.3. The summed E-state index contributed by atoms with van der Waals surface area (Å²) in [6, 6.07) is 13.6. The van der Waals surface area contributed by atoms with Crippen molar-refractivity contribution >= 4 is 5.97 Å². The van der Waals surface area contributed by atoms with E-state index in [1.165, 1.54) is 11.1 Å². The Kier molecular flexibility index (Phi) is 3.40. The van der Waals surface area contributed by atoms with Crippen LogP contribution in [0.5, 0.6) is 0 Å². The van der Waals surface area contributed by atoms with Crippen LogP contribution >= 0.6 is 0 Å². The van der Waals surface area contributed by atoms with Crippen LogP contribution in [0.2, 0.25) is 0 Å². The number of hydrogen-bond donors (Lipinski definition) is 2. The molecule has 2 aromatic rings. The third kappa shape index (κ3) is 2.36. The van der Waals surface area contributed by atoms with Crippen LogP contribution < -0.4 is 0 Å². The lowest BCUT2D eigenvalue weighted by Gasteiger charge is -2.23. The summed E-state index contributed by atoms with van der Waals surface area (Å²) in [5, 5.41) is 19.5. The fourth-order valence-corrected chi connectivity index (χ4v) is 2.91. The number of aliphatic hydroxyl groups excluding tert-OH is 2. The zero-order valence-electron chi connectivity index (χ0n) is 13.3. The van der Waals surface area contributed by atoms with Crippen LogP contribution in [0.1, 0.15) is 23.6 Å². The molecule has 1 unspecified atom stereocenters. The SMILES string of the molecule is Cc1ccc(-c2ccc(C3(C)OC(=O)C(O)=C3O)cc2)c(C)c1. The van der Waals surface area contributed by atoms with Gasteiger partial charge < -0.3 is 14.9 Å². The molecule has 1 heterocycles. The van der Waals surface area contributed by atoms with Gasteiger partial charge in [0.15, 0.2) is 11.4 Å². The van der Waals surface area contributed by atoms with Crippen molar-refractivity contribution < 1.29 is 19.7 Å². The van der Waals surface area contributed by atoms with Crippen molar-refractivity contribution in [2.24, 2.45) is 0 Å². The van der Waals surface area contributed by atoms with Crippen molar-refractivity contribution in [3.63, 3.8) is 0 Å². The largest absolute Gasteiger partial charge is 0.505 e. The molecule has 0 bridgehead atoms. The van der Waals surface area contributed by atoms with Crippen molar-refractivity contribution in [3.05, 3.63) is 70.7 Å². The predicted molar refractivity (Wildman–Crippen MR) is 87.1 cm³/mol. The highest BCUT2D eigenvalue weighted by atomic mass is 16.6. The molecular weight excluding hydrogens is 292 g/mol. The first-order valence-electron chi connectivity index (χ1n) is 7.37. The molecule has 118 valence electrons. The summed E-state index contributed by atoms with van der Waals surface area (Å²) in [7, 11) is 0. The number of carbonyl (C=O) groups is 1. The average molecular weight is 310 g/mol. The molecule has 2 N–H and O–H groups in total. The van der Waals surface area contributed by atoms with Gasteiger partial charge >= 0.3 is 5.97 Å². The molecule has 0 radical (unpaired) electrons. The second-order valence-corrected chi connectivity index (χ2v) is 6.02. The minimum atomic E-state index is -1.35. The van der Waals surface area contributed by atoms with Gasteiger partial charge in [0.25, 0.3) is 0 Å². The number of aliphatic hydroxyl groups is 2. The maximum Gasteiger partial charge on any atom is 0.378 e. The minimum absolute atomic E-state index is 0.457. The highest BCUT2D eigenvalue weighted by Crippen LogP contribution is 2.39. The Labute approximate surface area is 134 Å². The summed E-state index contributed by atoms with van der Waals surface area (Å²) in [4.78, 5) is 11.4. The molecule has 0 amide bonds. The summed E-state index contributed by atoms with van der Waals surface area (Å²) in [5.41, 5.74) is 3.80. The van der Waals surface area contributed by atoms with E-state index >= 15 is 0 Å². The third-order valence-corrected chi connectivity index (χ3v) is 4.30. The van der Waals surface area contributed by atoms with Gasteiger partial charge in [-0.1, -0.05) is 48.0 Å². The first-order chi connectivity index (χ1) is 10.8. The Morgan fingerprint density at radius 3 is 2.17 bits per heavy atom. The highest BCUT2D eigenvalue weighted by Gasteiger charge is 2.46. The topological polar surface area (TPSA) is 66.8 Å². The fourth-order valence-electron chi connectivity index (χ4n) is 2.91. The zero-order chi connectivity index (χ0) is 16.8. The maximum atomic E-state index is 11.4. The van der Waals surface area contributed by atoms with E-state index in [0.29, 0.717) is 5.56 Å². The summed E-state index contributed by atoms with van der Waals surface area (Å²) >= 11 is 0. The number of ether oxygens (including phenoxy) is 1. The van der Waals surface area contributed by atoms with Crippen LogP contribution in [0, 0.1) is 13.8 Å². The molecule has 2 aromatic carbocycles. The molecule has 0 saturated carbocycles. The lowest BCUT2D eigenvalue weighted by atomic mass is 9.91. The molecule has 0 aliphatic carbocycles. The number of rotatable bonds is 2. The van der Waals surface area contributed by atoms with Crippen molar-refractivity contribution in [2.75, 3.05) is 0 Å². The van der Waals surface area contributed by atoms with E-state index < -0.39 is 23.1 Å². The van der Waals surface area contributed by atoms with Crippen molar-refractivity contribution in [1.29, 1.82) is 0 Å². The Morgan fingerprint density at radius 1 is 1.00 bits per heavy atom. The van der Waals surface area contributed by atoms with Gasteiger partial charge in [-0.15, -0.1) is 0 Å². The van der Waals surface area contributed by atoms with Gasteiger partial charge in [0.1, 0.15) is 0 Å². The monoisotopic (exact) mass is 310 g/mol. The standard InChI is InChI=1S/C19H18O4/c1-11-4-9-15(12(2)10-11)13-5-7-14(8-6-13)19(3)17(21)16(20)18(22)23-19/h4-10,20-21H,1-3H3. The van der Waals surface area contributed by atoms with Crippen LogP contribution in [0.4, 0.5) is 0 Å². The molecule has 0 spiro atoms. The lowest BCUT2D eigenvalue weighted by molar-refractivity contribution is -0.149. The normalized spacial score (nSPS) is 20.7. The Hall–Kier alpha value is -2.75. The van der Waals surface area contributed by atoms with Crippen molar-refractivity contribution in [3.8, 4) is 11.1 Å². The first-order valence-corrected chi connectivity index (χ1v) is 7.37. The third-order valence-electron chi connectivity index (χ3n) is 4.30. The van der Waals surface area contributed by atoms with E-state index in [0.717, 1.165) is 11.1 Å². The minimum Gasteiger partial charge on any atom is -0.505 e. The molecule has 0 fully saturated rings. The molecule has 1 atom stereocenters. The van der Waals surface area contributed by atoms with Gasteiger partial charge in [0.05, 0.1) is 0 Å². The van der Waals surface area contributed by atoms with E-state index in [2.05, 4.69) is 32.0 Å². The molecule has 0 saturated heterocycles. The maximum absolute atomic E-state index is 11.4. The van der Waals surface area contributed by atoms with Crippen LogP contribution in [-0.2, 0) is 15.1 Å². The number of esters is 1. The first kappa shape index (κ1) is 15.2. The average Bonchev–Trinajstić information content (AvgIpc) is 2.72. The number of hydrogen-bond acceptors (Lipinski definition) is 4. The van der Waals surface area contributed by atoms with Crippen LogP contribution in [-0.4, -0.2) is 16.2 Å². The number of carbonyl (C=O) groups excluding carboxylic acids is 1. The van der Waals surface area contributed by atoms with E-state index in [1.54, 1.807) is 19.1 Å². The van der Waals surface area contributed by atoms with E-state index in [4.69, 9.17) is 4.74 Å². The number of benzene rings is 2. The Morgan fingerprint density at radius 2 is 1.65 bits per heavy atom. The molecule has 0 aromatic heterocycles. The van der Waals surface area contributed by atoms with Gasteiger partial charge in [-0.3, -0.25) is 0 Å². The predicted octanol–water partition coefficient (Wildman–Crippen LogP) is 4.07. The van der Waals surface area contributed by atoms with Crippen LogP contribution in [0.15, 0.2) is 54.0 Å². The molecule has 3 rings (SSSR count). The Bertz CT molecular complexity index is 818. The van der Waals surface area contributed by atoms with Gasteiger partial charge in [0, 0.05) is 5.56 Å². The number of cyclic esters (lactones) is 1. The molecule has 1 aliphatic heterocycles. The van der Waals surface area contributed by atoms with Crippen LogP contribution in [0.3, 0.4) is 0 Å². The molecular formula is C19H18O4. The van der Waals surface area contributed by atoms with Crippen LogP contribution in [0.25, 0.3) is 11.1 Å².